The molecule has 1 aliphatic rings. The summed E-state index contributed by atoms with van der Waals surface area (Å²) >= 11 is 0. The number of nitrogens with two attached hydrogens (primary N) is 2. The second-order valence-electron chi connectivity index (χ2n) is 9.34. The minimum absolute atomic E-state index is 0. The lowest BCUT2D eigenvalue weighted by molar-refractivity contribution is 0.306. The van der Waals surface area contributed by atoms with Gasteiger partial charge >= 0.3 is 0 Å². The topological polar surface area (TPSA) is 146 Å². The number of fused-ring (bicyclic) bond motifs is 2. The molecule has 0 aromatic heterocycles. The monoisotopic (exact) mass is 599 g/mol. The van der Waals surface area contributed by atoms with Crippen LogP contribution in [-0.4, -0.2) is 25.8 Å². The lowest BCUT2D eigenvalue weighted by Crippen LogP contribution is -2.33. The zero-order chi connectivity index (χ0) is 27.0. The van der Waals surface area contributed by atoms with Crippen LogP contribution in [0.5, 0.6) is 5.75 Å². The number of rotatable bonds is 8. The maximum Gasteiger partial charge on any atom is 0.235 e. The first-order valence-electron chi connectivity index (χ1n) is 12.3. The minimum Gasteiger partial charge on any atom is -0.489 e. The summed E-state index contributed by atoms with van der Waals surface area (Å²) in [6.07, 6.45) is 0.503. The van der Waals surface area contributed by atoms with Crippen molar-refractivity contribution in [3.63, 3.8) is 0 Å². The Kier molecular flexibility index (Phi) is 9.35. The van der Waals surface area contributed by atoms with Gasteiger partial charge in [-0.25, -0.2) is 8.42 Å². The third kappa shape index (κ3) is 6.01. The van der Waals surface area contributed by atoms with E-state index in [-0.39, 0.29) is 42.2 Å². The number of nitrogen functional groups attached to an aromatic ring is 2. The Bertz CT molecular complexity index is 1690. The van der Waals surface area contributed by atoms with Crippen LogP contribution in [0.25, 0.3) is 10.8 Å². The predicted octanol–water partition coefficient (Wildman–Crippen LogP) is 5.28. The van der Waals surface area contributed by atoms with Crippen molar-refractivity contribution in [3.8, 4) is 5.75 Å². The summed E-state index contributed by atoms with van der Waals surface area (Å²) in [7, 11) is -3.56. The molecule has 0 aliphatic carbocycles. The van der Waals surface area contributed by atoms with Crippen molar-refractivity contribution in [1.82, 2.24) is 0 Å². The normalized spacial score (nSPS) is 14.1. The van der Waals surface area contributed by atoms with E-state index < -0.39 is 16.1 Å². The Labute approximate surface area is 246 Å². The average molecular weight is 601 g/mol. The summed E-state index contributed by atoms with van der Waals surface area (Å²) in [5.41, 5.74) is 15.8. The number of nitrogens with one attached hydrogen (secondary N) is 2. The van der Waals surface area contributed by atoms with Gasteiger partial charge in [0.05, 0.1) is 17.5 Å². The molecule has 0 fully saturated rings. The van der Waals surface area contributed by atoms with E-state index in [9.17, 15) is 8.42 Å². The van der Waals surface area contributed by atoms with Crippen molar-refractivity contribution in [2.75, 3.05) is 10.1 Å². The van der Waals surface area contributed by atoms with Crippen LogP contribution < -0.4 is 20.5 Å². The van der Waals surface area contributed by atoms with Crippen LogP contribution in [0.2, 0.25) is 0 Å². The summed E-state index contributed by atoms with van der Waals surface area (Å²) in [5, 5.41) is 17.3. The molecular formula is C29H31Cl2N5O3S. The smallest absolute Gasteiger partial charge is 0.235 e. The lowest BCUT2D eigenvalue weighted by Gasteiger charge is -2.27. The van der Waals surface area contributed by atoms with Crippen LogP contribution in [0, 0.1) is 10.8 Å². The zero-order valence-electron chi connectivity index (χ0n) is 21.8. The van der Waals surface area contributed by atoms with Gasteiger partial charge in [-0.1, -0.05) is 42.5 Å². The van der Waals surface area contributed by atoms with Crippen LogP contribution in [0.15, 0.2) is 78.9 Å². The first-order valence-corrected chi connectivity index (χ1v) is 13.9. The Morgan fingerprint density at radius 3 is 2.30 bits per heavy atom. The Balaban J connectivity index is 0.00000220. The molecule has 0 amide bonds. The maximum atomic E-state index is 13.3. The van der Waals surface area contributed by atoms with Gasteiger partial charge in [0.2, 0.25) is 10.0 Å². The molecule has 40 heavy (non-hydrogen) atoms. The fourth-order valence-corrected chi connectivity index (χ4v) is 6.20. The number of sulfonamides is 1. The maximum absolute atomic E-state index is 13.3. The highest BCUT2D eigenvalue weighted by molar-refractivity contribution is 7.92. The van der Waals surface area contributed by atoms with Gasteiger partial charge in [-0.05, 0) is 70.8 Å². The molecule has 0 bridgehead atoms. The van der Waals surface area contributed by atoms with E-state index in [1.165, 1.54) is 4.31 Å². The number of benzene rings is 4. The van der Waals surface area contributed by atoms with Gasteiger partial charge in [0.15, 0.2) is 0 Å². The number of hydrogen-bond donors (Lipinski definition) is 4. The summed E-state index contributed by atoms with van der Waals surface area (Å²) in [4.78, 5) is 0. The van der Waals surface area contributed by atoms with Crippen LogP contribution in [-0.2, 0) is 23.1 Å². The SMILES string of the molecule is CCS(=O)(=O)N1c2ccc(OCc3cccc(C(=N)N)c3)cc2CC1c1ccc2ccc(C(=N)N)cc2c1.Cl.Cl. The van der Waals surface area contributed by atoms with Gasteiger partial charge in [0.1, 0.15) is 24.0 Å². The van der Waals surface area contributed by atoms with Crippen molar-refractivity contribution in [2.24, 2.45) is 11.5 Å². The number of halogens is 2. The van der Waals surface area contributed by atoms with Crippen LogP contribution in [0.3, 0.4) is 0 Å². The van der Waals surface area contributed by atoms with Crippen molar-refractivity contribution < 1.29 is 13.2 Å². The lowest BCUT2D eigenvalue weighted by atomic mass is 9.98. The highest BCUT2D eigenvalue weighted by Crippen LogP contribution is 2.44. The van der Waals surface area contributed by atoms with Crippen molar-refractivity contribution >= 4 is 63.0 Å². The highest BCUT2D eigenvalue weighted by atomic mass is 35.5. The Morgan fingerprint density at radius 2 is 1.60 bits per heavy atom. The zero-order valence-corrected chi connectivity index (χ0v) is 24.2. The Morgan fingerprint density at radius 1 is 0.900 bits per heavy atom. The van der Waals surface area contributed by atoms with E-state index in [2.05, 4.69) is 0 Å². The molecule has 210 valence electrons. The van der Waals surface area contributed by atoms with Gasteiger partial charge in [-0.2, -0.15) is 0 Å². The molecule has 0 saturated carbocycles. The van der Waals surface area contributed by atoms with Crippen molar-refractivity contribution in [2.45, 2.75) is 26.0 Å². The van der Waals surface area contributed by atoms with E-state index in [0.717, 1.165) is 27.5 Å². The standard InChI is InChI=1S/C29H29N5O3S.2ClH/c1-2-38(35,36)34-26-11-10-25(37-17-18-4-3-5-21(12-18)28(30)31)15-24(26)16-27(34)20-8-6-19-7-9-22(29(32)33)14-23(19)13-20;;/h3-15,27H,2,16-17H2,1H3,(H3,30,31)(H3,32,33);2*1H. The fraction of sp³-hybridized carbons (Fsp3) is 0.172. The Hall–Kier alpha value is -3.79. The third-order valence-corrected chi connectivity index (χ3v) is 8.63. The van der Waals surface area contributed by atoms with Crippen LogP contribution >= 0.6 is 24.8 Å². The summed E-state index contributed by atoms with van der Waals surface area (Å²) in [6.45, 7) is 1.94. The molecule has 5 rings (SSSR count). The predicted molar refractivity (Wildman–Crippen MR) is 166 cm³/mol. The number of ether oxygens (including phenoxy) is 1. The molecule has 4 aromatic carbocycles. The van der Waals surface area contributed by atoms with Gasteiger partial charge in [0, 0.05) is 17.5 Å². The first kappa shape index (κ1) is 30.7. The van der Waals surface area contributed by atoms with Crippen molar-refractivity contribution in [1.29, 1.82) is 10.8 Å². The largest absolute Gasteiger partial charge is 0.489 e. The number of amidine groups is 2. The second-order valence-corrected chi connectivity index (χ2v) is 11.5. The number of anilines is 1. The molecule has 0 radical (unpaired) electrons. The molecule has 11 heteroatoms. The molecule has 1 unspecified atom stereocenters. The molecule has 4 aromatic rings. The fourth-order valence-electron chi connectivity index (χ4n) is 4.86. The molecule has 8 nitrogen and oxygen atoms in total. The van der Waals surface area contributed by atoms with Gasteiger partial charge in [0.25, 0.3) is 0 Å². The van der Waals surface area contributed by atoms with E-state index in [1.54, 1.807) is 25.1 Å². The van der Waals surface area contributed by atoms with Gasteiger partial charge in [-0.15, -0.1) is 24.8 Å². The van der Waals surface area contributed by atoms with E-state index in [4.69, 9.17) is 27.0 Å². The molecular weight excluding hydrogens is 569 g/mol. The van der Waals surface area contributed by atoms with E-state index in [0.29, 0.717) is 35.6 Å². The second kappa shape index (κ2) is 12.2. The molecule has 1 atom stereocenters. The van der Waals surface area contributed by atoms with Crippen molar-refractivity contribution in [3.05, 3.63) is 107 Å². The van der Waals surface area contributed by atoms with E-state index >= 15 is 0 Å². The average Bonchev–Trinajstić information content (AvgIpc) is 3.31. The van der Waals surface area contributed by atoms with E-state index in [1.807, 2.05) is 60.7 Å². The van der Waals surface area contributed by atoms with Crippen LogP contribution in [0.4, 0.5) is 5.69 Å². The number of hydrogen-bond acceptors (Lipinski definition) is 5. The summed E-state index contributed by atoms with van der Waals surface area (Å²) in [6, 6.07) is 23.9. The van der Waals surface area contributed by atoms with Gasteiger partial charge < -0.3 is 16.2 Å². The summed E-state index contributed by atoms with van der Waals surface area (Å²) in [5.74, 6) is 0.603. The summed E-state index contributed by atoms with van der Waals surface area (Å²) < 4.78 is 34.1. The number of nitrogens with zero attached hydrogens (tertiary/aromatic N) is 1. The molecule has 1 aliphatic heterocycles. The van der Waals surface area contributed by atoms with Gasteiger partial charge in [-0.3, -0.25) is 15.1 Å². The quantitative estimate of drug-likeness (QED) is 0.161. The first-order chi connectivity index (χ1) is 18.2. The minimum atomic E-state index is -3.56. The molecule has 6 N–H and O–H groups in total. The molecule has 0 spiro atoms. The molecule has 0 saturated heterocycles. The third-order valence-electron chi connectivity index (χ3n) is 6.85. The molecule has 1 heterocycles. The highest BCUT2D eigenvalue weighted by Gasteiger charge is 2.38. The van der Waals surface area contributed by atoms with Crippen LogP contribution in [0.1, 0.15) is 40.8 Å².